The number of benzene rings is 2. The van der Waals surface area contributed by atoms with Crippen molar-refractivity contribution < 1.29 is 19.1 Å². The summed E-state index contributed by atoms with van der Waals surface area (Å²) in [6.07, 6.45) is 1.86. The van der Waals surface area contributed by atoms with Crippen LogP contribution in [0, 0.1) is 19.8 Å². The zero-order valence-corrected chi connectivity index (χ0v) is 15.9. The minimum Gasteiger partial charge on any atom is -0.484 e. The van der Waals surface area contributed by atoms with Crippen molar-refractivity contribution >= 4 is 23.4 Å². The molecule has 3 N–H and O–H groups in total. The van der Waals surface area contributed by atoms with Gasteiger partial charge in [0.1, 0.15) is 5.75 Å². The number of amides is 3. The van der Waals surface area contributed by atoms with Gasteiger partial charge in [0.15, 0.2) is 6.61 Å². The molecule has 1 fully saturated rings. The van der Waals surface area contributed by atoms with E-state index < -0.39 is 11.8 Å². The molecule has 0 heterocycles. The van der Waals surface area contributed by atoms with Crippen molar-refractivity contribution in [1.82, 2.24) is 10.9 Å². The molecule has 7 heteroatoms. The first-order chi connectivity index (χ1) is 13.4. The molecule has 0 spiro atoms. The predicted molar refractivity (Wildman–Crippen MR) is 105 cm³/mol. The van der Waals surface area contributed by atoms with E-state index >= 15 is 0 Å². The molecule has 2 aromatic rings. The summed E-state index contributed by atoms with van der Waals surface area (Å²) in [6, 6.07) is 12.1. The number of anilines is 1. The van der Waals surface area contributed by atoms with Crippen molar-refractivity contribution in [3.8, 4) is 5.75 Å². The third-order valence-corrected chi connectivity index (χ3v) is 4.24. The lowest BCUT2D eigenvalue weighted by atomic mass is 10.1. The van der Waals surface area contributed by atoms with Gasteiger partial charge in [-0.15, -0.1) is 0 Å². The Morgan fingerprint density at radius 3 is 2.21 bits per heavy atom. The van der Waals surface area contributed by atoms with Gasteiger partial charge in [0.2, 0.25) is 5.91 Å². The fourth-order valence-corrected chi connectivity index (χ4v) is 2.69. The summed E-state index contributed by atoms with van der Waals surface area (Å²) in [4.78, 5) is 35.7. The summed E-state index contributed by atoms with van der Waals surface area (Å²) in [6.45, 7) is 3.68. The number of hydrazine groups is 1. The molecule has 0 aliphatic heterocycles. The van der Waals surface area contributed by atoms with Gasteiger partial charge in [-0.3, -0.25) is 25.2 Å². The standard InChI is InChI=1S/C21H23N3O4/c1-13-9-14(2)11-18(10-13)28-12-19(25)23-24-21(27)16-5-7-17(8-6-16)22-20(26)15-3-4-15/h5-11,15H,3-4,12H2,1-2H3,(H,22,26)(H,23,25)(H,24,27). The Hall–Kier alpha value is -3.35. The molecule has 1 saturated carbocycles. The number of aryl methyl sites for hydroxylation is 2. The second-order valence-electron chi connectivity index (χ2n) is 6.96. The topological polar surface area (TPSA) is 96.5 Å². The Bertz CT molecular complexity index is 869. The van der Waals surface area contributed by atoms with E-state index in [4.69, 9.17) is 4.74 Å². The normalized spacial score (nSPS) is 12.8. The molecule has 0 unspecified atom stereocenters. The third kappa shape index (κ3) is 5.57. The van der Waals surface area contributed by atoms with E-state index in [1.807, 2.05) is 32.0 Å². The SMILES string of the molecule is Cc1cc(C)cc(OCC(=O)NNC(=O)c2ccc(NC(=O)C3CC3)cc2)c1. The van der Waals surface area contributed by atoms with Crippen LogP contribution >= 0.6 is 0 Å². The summed E-state index contributed by atoms with van der Waals surface area (Å²) < 4.78 is 5.44. The number of carbonyl (C=O) groups is 3. The molecule has 7 nitrogen and oxygen atoms in total. The maximum absolute atomic E-state index is 12.1. The van der Waals surface area contributed by atoms with E-state index in [-0.39, 0.29) is 18.4 Å². The Morgan fingerprint density at radius 1 is 0.964 bits per heavy atom. The number of carbonyl (C=O) groups excluding carboxylic acids is 3. The highest BCUT2D eigenvalue weighted by Gasteiger charge is 2.29. The second kappa shape index (κ2) is 8.56. The van der Waals surface area contributed by atoms with Gasteiger partial charge < -0.3 is 10.1 Å². The molecule has 3 rings (SSSR count). The average molecular weight is 381 g/mol. The van der Waals surface area contributed by atoms with Crippen molar-refractivity contribution in [3.05, 3.63) is 59.2 Å². The van der Waals surface area contributed by atoms with Crippen LogP contribution < -0.4 is 20.9 Å². The quantitative estimate of drug-likeness (QED) is 0.670. The highest BCUT2D eigenvalue weighted by atomic mass is 16.5. The minimum atomic E-state index is -0.471. The Kier molecular flexibility index (Phi) is 5.93. The molecule has 1 aliphatic carbocycles. The van der Waals surface area contributed by atoms with Crippen molar-refractivity contribution in [1.29, 1.82) is 0 Å². The summed E-state index contributed by atoms with van der Waals surface area (Å²) in [5, 5.41) is 2.80. The van der Waals surface area contributed by atoms with E-state index in [1.54, 1.807) is 24.3 Å². The summed E-state index contributed by atoms with van der Waals surface area (Å²) in [5.74, 6) is -0.208. The minimum absolute atomic E-state index is 0.00766. The van der Waals surface area contributed by atoms with Crippen LogP contribution in [0.25, 0.3) is 0 Å². The molecule has 2 aromatic carbocycles. The van der Waals surface area contributed by atoms with E-state index in [0.717, 1.165) is 24.0 Å². The van der Waals surface area contributed by atoms with Crippen LogP contribution in [0.5, 0.6) is 5.75 Å². The van der Waals surface area contributed by atoms with Crippen LogP contribution in [0.4, 0.5) is 5.69 Å². The zero-order chi connectivity index (χ0) is 20.1. The van der Waals surface area contributed by atoms with Crippen molar-refractivity contribution in [2.45, 2.75) is 26.7 Å². The largest absolute Gasteiger partial charge is 0.484 e. The summed E-state index contributed by atoms with van der Waals surface area (Å²) >= 11 is 0. The van der Waals surface area contributed by atoms with Crippen LogP contribution in [-0.2, 0) is 9.59 Å². The maximum atomic E-state index is 12.1. The van der Waals surface area contributed by atoms with Crippen LogP contribution in [0.15, 0.2) is 42.5 Å². The third-order valence-electron chi connectivity index (χ3n) is 4.24. The zero-order valence-electron chi connectivity index (χ0n) is 15.9. The van der Waals surface area contributed by atoms with Crippen molar-refractivity contribution in [3.63, 3.8) is 0 Å². The molecule has 28 heavy (non-hydrogen) atoms. The number of hydrogen-bond acceptors (Lipinski definition) is 4. The van der Waals surface area contributed by atoms with Crippen LogP contribution in [0.2, 0.25) is 0 Å². The first-order valence-corrected chi connectivity index (χ1v) is 9.12. The van der Waals surface area contributed by atoms with E-state index in [1.165, 1.54) is 0 Å². The number of ether oxygens (including phenoxy) is 1. The van der Waals surface area contributed by atoms with Gasteiger partial charge in [-0.2, -0.15) is 0 Å². The molecule has 0 atom stereocenters. The lowest BCUT2D eigenvalue weighted by Crippen LogP contribution is -2.43. The van der Waals surface area contributed by atoms with Gasteiger partial charge in [0.25, 0.3) is 11.8 Å². The van der Waals surface area contributed by atoms with Gasteiger partial charge in [-0.05, 0) is 74.2 Å². The van der Waals surface area contributed by atoms with Gasteiger partial charge in [0, 0.05) is 17.2 Å². The molecular formula is C21H23N3O4. The average Bonchev–Trinajstić information content (AvgIpc) is 3.49. The molecular weight excluding hydrogens is 358 g/mol. The van der Waals surface area contributed by atoms with Crippen LogP contribution in [0.3, 0.4) is 0 Å². The summed E-state index contributed by atoms with van der Waals surface area (Å²) in [5.41, 5.74) is 7.74. The van der Waals surface area contributed by atoms with Gasteiger partial charge in [0.05, 0.1) is 0 Å². The molecule has 0 bridgehead atoms. The highest BCUT2D eigenvalue weighted by molar-refractivity contribution is 5.97. The summed E-state index contributed by atoms with van der Waals surface area (Å²) in [7, 11) is 0. The second-order valence-corrected chi connectivity index (χ2v) is 6.96. The fraction of sp³-hybridized carbons (Fsp3) is 0.286. The monoisotopic (exact) mass is 381 g/mol. The molecule has 146 valence electrons. The lowest BCUT2D eigenvalue weighted by molar-refractivity contribution is -0.123. The lowest BCUT2D eigenvalue weighted by Gasteiger charge is -2.10. The van der Waals surface area contributed by atoms with E-state index in [9.17, 15) is 14.4 Å². The maximum Gasteiger partial charge on any atom is 0.276 e. The van der Waals surface area contributed by atoms with Crippen molar-refractivity contribution in [2.24, 2.45) is 5.92 Å². The van der Waals surface area contributed by atoms with Gasteiger partial charge in [-0.25, -0.2) is 0 Å². The van der Waals surface area contributed by atoms with Crippen LogP contribution in [-0.4, -0.2) is 24.3 Å². The molecule has 0 saturated heterocycles. The molecule has 3 amide bonds. The fourth-order valence-electron chi connectivity index (χ4n) is 2.69. The Labute approximate surface area is 163 Å². The first kappa shape index (κ1) is 19.4. The number of rotatable bonds is 6. The molecule has 0 aromatic heterocycles. The molecule has 1 aliphatic rings. The van der Waals surface area contributed by atoms with E-state index in [2.05, 4.69) is 16.2 Å². The Morgan fingerprint density at radius 2 is 1.61 bits per heavy atom. The van der Waals surface area contributed by atoms with Crippen molar-refractivity contribution in [2.75, 3.05) is 11.9 Å². The number of nitrogens with one attached hydrogen (secondary N) is 3. The predicted octanol–water partition coefficient (Wildman–Crippen LogP) is 2.49. The molecule has 0 radical (unpaired) electrons. The number of hydrogen-bond donors (Lipinski definition) is 3. The Balaban J connectivity index is 1.43. The highest BCUT2D eigenvalue weighted by Crippen LogP contribution is 2.30. The van der Waals surface area contributed by atoms with Gasteiger partial charge >= 0.3 is 0 Å². The van der Waals surface area contributed by atoms with Crippen LogP contribution in [0.1, 0.15) is 34.3 Å². The first-order valence-electron chi connectivity index (χ1n) is 9.12. The van der Waals surface area contributed by atoms with Gasteiger partial charge in [-0.1, -0.05) is 6.07 Å². The smallest absolute Gasteiger partial charge is 0.276 e. The van der Waals surface area contributed by atoms with E-state index in [0.29, 0.717) is 17.0 Å².